The lowest BCUT2D eigenvalue weighted by Gasteiger charge is -2.38. The lowest BCUT2D eigenvalue weighted by Crippen LogP contribution is -2.37. The second-order valence-corrected chi connectivity index (χ2v) is 6.69. The number of carboxylic acid groups (broad SMARTS) is 1. The number of ether oxygens (including phenoxy) is 1. The first-order valence-corrected chi connectivity index (χ1v) is 7.41. The molecule has 0 radical (unpaired) electrons. The number of carbonyl (C=O) groups is 1. The number of rotatable bonds is 3. The van der Waals surface area contributed by atoms with Crippen LogP contribution in [-0.4, -0.2) is 14.7 Å². The molecule has 20 heavy (non-hydrogen) atoms. The number of carboxylic acids is 1. The van der Waals surface area contributed by atoms with Gasteiger partial charge in [-0.05, 0) is 34.2 Å². The van der Waals surface area contributed by atoms with Crippen LogP contribution in [0, 0.1) is 0 Å². The fourth-order valence-electron chi connectivity index (χ4n) is 2.56. The van der Waals surface area contributed by atoms with Crippen molar-refractivity contribution in [1.29, 1.82) is 0 Å². The minimum Gasteiger partial charge on any atom is -0.481 e. The first-order valence-electron chi connectivity index (χ1n) is 6.34. The van der Waals surface area contributed by atoms with Crippen LogP contribution < -0.4 is 0 Å². The molecule has 2 unspecified atom stereocenters. The van der Waals surface area contributed by atoms with Crippen LogP contribution in [0.15, 0.2) is 66.0 Å². The van der Waals surface area contributed by atoms with Gasteiger partial charge in [0.25, 0.3) is 0 Å². The maximum atomic E-state index is 11.2. The quantitative estimate of drug-likeness (QED) is 0.641. The third-order valence-corrected chi connectivity index (χ3v) is 4.72. The minimum atomic E-state index is -0.858. The van der Waals surface area contributed by atoms with Gasteiger partial charge in [0, 0.05) is 5.57 Å². The average molecular weight is 380 g/mol. The Morgan fingerprint density at radius 3 is 2.80 bits per heavy atom. The van der Waals surface area contributed by atoms with E-state index in [2.05, 4.69) is 28.7 Å². The molecule has 1 aliphatic heterocycles. The largest absolute Gasteiger partial charge is 0.481 e. The van der Waals surface area contributed by atoms with Crippen LogP contribution in [0.1, 0.15) is 17.9 Å². The molecule has 2 atom stereocenters. The number of halogens is 1. The molecule has 0 saturated carbocycles. The molecule has 3 rings (SSSR count). The molecule has 0 saturated heterocycles. The number of aliphatic carboxylic acids is 1. The van der Waals surface area contributed by atoms with Gasteiger partial charge in [-0.25, -0.2) is 0 Å². The summed E-state index contributed by atoms with van der Waals surface area (Å²) >= 11 is 2.13. The van der Waals surface area contributed by atoms with Crippen LogP contribution in [0.4, 0.5) is 0 Å². The molecule has 2 aliphatic rings. The Labute approximate surface area is 130 Å². The van der Waals surface area contributed by atoms with Gasteiger partial charge in [-0.3, -0.25) is 4.79 Å². The molecule has 102 valence electrons. The Morgan fingerprint density at radius 2 is 2.10 bits per heavy atom. The summed E-state index contributed by atoms with van der Waals surface area (Å²) in [6.45, 7) is 0. The summed E-state index contributed by atoms with van der Waals surface area (Å²) in [6.07, 6.45) is 7.84. The van der Waals surface area contributed by atoms with Gasteiger partial charge in [0.05, 0.1) is 12.3 Å². The van der Waals surface area contributed by atoms with Gasteiger partial charge in [0.2, 0.25) is 0 Å². The summed E-state index contributed by atoms with van der Waals surface area (Å²) in [6, 6.07) is 9.89. The summed E-state index contributed by atoms with van der Waals surface area (Å²) in [7, 11) is 0. The van der Waals surface area contributed by atoms with Crippen LogP contribution in [0.3, 0.4) is 0 Å². The van der Waals surface area contributed by atoms with Crippen molar-refractivity contribution in [1.82, 2.24) is 0 Å². The lowest BCUT2D eigenvalue weighted by molar-refractivity contribution is -0.140. The topological polar surface area (TPSA) is 46.5 Å². The number of alkyl halides is 1. The molecule has 1 aliphatic carbocycles. The van der Waals surface area contributed by atoms with E-state index >= 15 is 0 Å². The van der Waals surface area contributed by atoms with Crippen molar-refractivity contribution in [3.8, 4) is 0 Å². The van der Waals surface area contributed by atoms with Crippen molar-refractivity contribution in [2.24, 2.45) is 0 Å². The van der Waals surface area contributed by atoms with E-state index in [0.29, 0.717) is 0 Å². The maximum Gasteiger partial charge on any atom is 0.308 e. The highest BCUT2D eigenvalue weighted by molar-refractivity contribution is 14.1. The molecular formula is C16H13IO3. The van der Waals surface area contributed by atoms with Gasteiger partial charge in [0.1, 0.15) is 5.76 Å². The molecule has 0 aromatic heterocycles. The molecule has 4 heteroatoms. The Bertz CT molecular complexity index is 630. The van der Waals surface area contributed by atoms with E-state index in [4.69, 9.17) is 4.74 Å². The zero-order chi connectivity index (χ0) is 14.2. The van der Waals surface area contributed by atoms with Crippen molar-refractivity contribution < 1.29 is 14.6 Å². The highest BCUT2D eigenvalue weighted by Crippen LogP contribution is 2.48. The van der Waals surface area contributed by atoms with Gasteiger partial charge >= 0.3 is 5.97 Å². The third-order valence-electron chi connectivity index (χ3n) is 3.45. The molecule has 0 bridgehead atoms. The highest BCUT2D eigenvalue weighted by Gasteiger charge is 2.44. The van der Waals surface area contributed by atoms with E-state index in [9.17, 15) is 9.90 Å². The smallest absolute Gasteiger partial charge is 0.308 e. The first kappa shape index (κ1) is 13.4. The molecule has 1 aromatic carbocycles. The lowest BCUT2D eigenvalue weighted by atomic mass is 9.87. The standard InChI is InChI=1S/C16H13IO3/c17-16(10-15(18)19)13(11-5-2-1-3-6-11)9-12-7-4-8-14(12)20-16/h1-9,13H,10H2,(H,18,19). The van der Waals surface area contributed by atoms with E-state index in [1.807, 2.05) is 48.6 Å². The Kier molecular flexibility index (Phi) is 3.41. The normalized spacial score (nSPS) is 27.4. The van der Waals surface area contributed by atoms with Crippen molar-refractivity contribution in [2.75, 3.05) is 0 Å². The number of hydrogen-bond donors (Lipinski definition) is 1. The Hall–Kier alpha value is -1.56. The molecule has 0 fully saturated rings. The van der Waals surface area contributed by atoms with Gasteiger partial charge in [-0.15, -0.1) is 0 Å². The number of hydrogen-bond acceptors (Lipinski definition) is 2. The zero-order valence-electron chi connectivity index (χ0n) is 10.6. The van der Waals surface area contributed by atoms with Crippen molar-refractivity contribution in [2.45, 2.75) is 15.9 Å². The third kappa shape index (κ3) is 2.40. The number of allylic oxidation sites excluding steroid dienone is 3. The summed E-state index contributed by atoms with van der Waals surface area (Å²) in [5.74, 6) is -0.188. The van der Waals surface area contributed by atoms with Crippen molar-refractivity contribution in [3.05, 3.63) is 71.5 Å². The second-order valence-electron chi connectivity index (χ2n) is 4.86. The van der Waals surface area contributed by atoms with Gasteiger partial charge in [-0.1, -0.05) is 48.6 Å². The highest BCUT2D eigenvalue weighted by atomic mass is 127. The minimum absolute atomic E-state index is 0.0474. The van der Waals surface area contributed by atoms with E-state index in [1.54, 1.807) is 0 Å². The van der Waals surface area contributed by atoms with Crippen LogP contribution in [-0.2, 0) is 9.53 Å². The second kappa shape index (κ2) is 5.09. The van der Waals surface area contributed by atoms with Crippen LogP contribution in [0.25, 0.3) is 0 Å². The van der Waals surface area contributed by atoms with Crippen LogP contribution in [0.5, 0.6) is 0 Å². The van der Waals surface area contributed by atoms with Gasteiger partial charge in [0.15, 0.2) is 3.61 Å². The van der Waals surface area contributed by atoms with E-state index < -0.39 is 9.58 Å². The predicted octanol–water partition coefficient (Wildman–Crippen LogP) is 3.79. The van der Waals surface area contributed by atoms with Gasteiger partial charge < -0.3 is 9.84 Å². The molecule has 1 aromatic rings. The summed E-state index contributed by atoms with van der Waals surface area (Å²) in [5.41, 5.74) is 2.09. The summed E-state index contributed by atoms with van der Waals surface area (Å²) in [4.78, 5) is 11.2. The van der Waals surface area contributed by atoms with Crippen molar-refractivity contribution >= 4 is 28.6 Å². The molecule has 1 heterocycles. The fourth-order valence-corrected chi connectivity index (χ4v) is 3.66. The molecule has 0 amide bonds. The molecule has 3 nitrogen and oxygen atoms in total. The molecule has 1 N–H and O–H groups in total. The first-order chi connectivity index (χ1) is 9.58. The Morgan fingerprint density at radius 1 is 1.35 bits per heavy atom. The number of benzene rings is 1. The number of fused-ring (bicyclic) bond motifs is 1. The van der Waals surface area contributed by atoms with E-state index in [-0.39, 0.29) is 12.3 Å². The molecular weight excluding hydrogens is 367 g/mol. The van der Waals surface area contributed by atoms with Crippen LogP contribution in [0.2, 0.25) is 0 Å². The fraction of sp³-hybridized carbons (Fsp3) is 0.188. The SMILES string of the molecule is O=C(O)CC1(I)OC2=CC=CC2=CC1c1ccccc1. The monoisotopic (exact) mass is 380 g/mol. The maximum absolute atomic E-state index is 11.2. The Balaban J connectivity index is 2.06. The summed E-state index contributed by atoms with van der Waals surface area (Å²) < 4.78 is 5.21. The molecule has 0 spiro atoms. The van der Waals surface area contributed by atoms with Gasteiger partial charge in [-0.2, -0.15) is 0 Å². The average Bonchev–Trinajstić information content (AvgIpc) is 2.84. The van der Waals surface area contributed by atoms with Crippen LogP contribution >= 0.6 is 22.6 Å². The summed E-state index contributed by atoms with van der Waals surface area (Å²) in [5, 5.41) is 9.20. The van der Waals surface area contributed by atoms with E-state index in [1.165, 1.54) is 0 Å². The van der Waals surface area contributed by atoms with E-state index in [0.717, 1.165) is 16.9 Å². The van der Waals surface area contributed by atoms with Crippen molar-refractivity contribution in [3.63, 3.8) is 0 Å². The zero-order valence-corrected chi connectivity index (χ0v) is 12.8. The predicted molar refractivity (Wildman–Crippen MR) is 84.6 cm³/mol.